The van der Waals surface area contributed by atoms with Crippen LogP contribution in [0, 0.1) is 16.0 Å². The Morgan fingerprint density at radius 2 is 2.00 bits per heavy atom. The summed E-state index contributed by atoms with van der Waals surface area (Å²) < 4.78 is 5.56. The molecule has 1 aromatic rings. The molecule has 0 N–H and O–H groups in total. The monoisotopic (exact) mass is 249 g/mol. The fourth-order valence-corrected chi connectivity index (χ4v) is 1.55. The van der Waals surface area contributed by atoms with E-state index in [4.69, 9.17) is 4.74 Å². The zero-order valence-corrected chi connectivity index (χ0v) is 11.2. The number of hydrogen-bond donors (Lipinski definition) is 0. The molecule has 1 rings (SSSR count). The molecule has 0 heterocycles. The lowest BCUT2D eigenvalue weighted by molar-refractivity contribution is -0.431. The molecule has 0 spiro atoms. The van der Waals surface area contributed by atoms with E-state index in [-0.39, 0.29) is 22.6 Å². The highest BCUT2D eigenvalue weighted by molar-refractivity contribution is 5.53. The molecule has 0 amide bonds. The Kier molecular flexibility index (Phi) is 4.89. The molecule has 0 fully saturated rings. The summed E-state index contributed by atoms with van der Waals surface area (Å²) >= 11 is 0. The third-order valence-corrected chi connectivity index (χ3v) is 2.35. The van der Waals surface area contributed by atoms with E-state index in [0.29, 0.717) is 0 Å². The van der Waals surface area contributed by atoms with Crippen molar-refractivity contribution >= 4 is 6.08 Å². The summed E-state index contributed by atoms with van der Waals surface area (Å²) in [5.74, 6) is 0.611. The summed E-state index contributed by atoms with van der Waals surface area (Å²) in [7, 11) is 0. The van der Waals surface area contributed by atoms with Gasteiger partial charge in [-0.2, -0.15) is 0 Å². The van der Waals surface area contributed by atoms with Gasteiger partial charge < -0.3 is 4.74 Å². The number of benzene rings is 1. The van der Waals surface area contributed by atoms with Gasteiger partial charge in [-0.1, -0.05) is 26.0 Å². The summed E-state index contributed by atoms with van der Waals surface area (Å²) in [6, 6.07) is 7.32. The highest BCUT2D eigenvalue weighted by atomic mass is 16.6. The van der Waals surface area contributed by atoms with Gasteiger partial charge in [0, 0.05) is 12.0 Å². The van der Waals surface area contributed by atoms with Crippen molar-refractivity contribution in [2.75, 3.05) is 0 Å². The summed E-state index contributed by atoms with van der Waals surface area (Å²) in [4.78, 5) is 10.6. The second kappa shape index (κ2) is 6.19. The Morgan fingerprint density at radius 3 is 2.50 bits per heavy atom. The largest absolute Gasteiger partial charge is 0.491 e. The lowest BCUT2D eigenvalue weighted by atomic mass is 10.1. The van der Waals surface area contributed by atoms with Gasteiger partial charge >= 0.3 is 0 Å². The number of nitrogens with zero attached hydrogens (tertiary/aromatic N) is 1. The molecular formula is C14H19NO3. The number of rotatable bonds is 5. The van der Waals surface area contributed by atoms with Crippen LogP contribution in [-0.4, -0.2) is 11.0 Å². The van der Waals surface area contributed by atoms with Gasteiger partial charge in [-0.25, -0.2) is 0 Å². The number of ether oxygens (including phenoxy) is 1. The number of allylic oxidation sites excluding steroid dienone is 1. The van der Waals surface area contributed by atoms with E-state index in [1.54, 1.807) is 6.08 Å². The van der Waals surface area contributed by atoms with Crippen molar-refractivity contribution in [1.29, 1.82) is 0 Å². The van der Waals surface area contributed by atoms with Crippen LogP contribution in [0.25, 0.3) is 6.08 Å². The topological polar surface area (TPSA) is 52.4 Å². The van der Waals surface area contributed by atoms with Crippen LogP contribution in [0.15, 0.2) is 30.0 Å². The van der Waals surface area contributed by atoms with Gasteiger partial charge in [0.05, 0.1) is 11.0 Å². The van der Waals surface area contributed by atoms with Crippen molar-refractivity contribution in [1.82, 2.24) is 0 Å². The first kappa shape index (κ1) is 14.2. The molecule has 0 atom stereocenters. The van der Waals surface area contributed by atoms with Crippen LogP contribution < -0.4 is 4.74 Å². The maximum Gasteiger partial charge on any atom is 0.249 e. The van der Waals surface area contributed by atoms with Crippen molar-refractivity contribution < 1.29 is 9.66 Å². The highest BCUT2D eigenvalue weighted by Gasteiger charge is 2.15. The Labute approximate surface area is 107 Å². The molecule has 0 aliphatic heterocycles. The molecule has 98 valence electrons. The second-order valence-corrected chi connectivity index (χ2v) is 4.72. The van der Waals surface area contributed by atoms with Crippen LogP contribution in [-0.2, 0) is 0 Å². The van der Waals surface area contributed by atoms with Gasteiger partial charge in [-0.05, 0) is 31.5 Å². The van der Waals surface area contributed by atoms with Crippen LogP contribution in [0.2, 0.25) is 0 Å². The van der Waals surface area contributed by atoms with Crippen LogP contribution in [0.1, 0.15) is 33.3 Å². The SMILES string of the molecule is CC(C)Oc1cccc(/C=C(/C(C)C)[N+](=O)[O-])c1. The Balaban J connectivity index is 3.02. The predicted octanol–water partition coefficient (Wildman–Crippen LogP) is 3.75. The van der Waals surface area contributed by atoms with E-state index in [9.17, 15) is 10.1 Å². The molecule has 4 heteroatoms. The van der Waals surface area contributed by atoms with E-state index in [2.05, 4.69) is 0 Å². The fourth-order valence-electron chi connectivity index (χ4n) is 1.55. The van der Waals surface area contributed by atoms with Crippen LogP contribution in [0.3, 0.4) is 0 Å². The molecule has 0 bridgehead atoms. The minimum absolute atomic E-state index is 0.0873. The third-order valence-electron chi connectivity index (χ3n) is 2.35. The van der Waals surface area contributed by atoms with E-state index in [0.717, 1.165) is 11.3 Å². The zero-order chi connectivity index (χ0) is 13.7. The molecule has 18 heavy (non-hydrogen) atoms. The first-order chi connectivity index (χ1) is 8.40. The molecule has 0 aromatic heterocycles. The van der Waals surface area contributed by atoms with Crippen molar-refractivity contribution in [2.24, 2.45) is 5.92 Å². The van der Waals surface area contributed by atoms with Gasteiger partial charge in [0.2, 0.25) is 5.70 Å². The summed E-state index contributed by atoms with van der Waals surface area (Å²) in [5.41, 5.74) is 0.991. The molecule has 0 aliphatic carbocycles. The maximum atomic E-state index is 10.9. The second-order valence-electron chi connectivity index (χ2n) is 4.72. The minimum atomic E-state index is -0.333. The van der Waals surface area contributed by atoms with Crippen molar-refractivity contribution in [2.45, 2.75) is 33.8 Å². The average Bonchev–Trinajstić information content (AvgIpc) is 2.24. The Bertz CT molecular complexity index is 450. The molecule has 0 radical (unpaired) electrons. The van der Waals surface area contributed by atoms with Crippen molar-refractivity contribution in [3.05, 3.63) is 45.6 Å². The van der Waals surface area contributed by atoms with Crippen molar-refractivity contribution in [3.63, 3.8) is 0 Å². The fraction of sp³-hybridized carbons (Fsp3) is 0.429. The van der Waals surface area contributed by atoms with Gasteiger partial charge in [0.15, 0.2) is 0 Å². The van der Waals surface area contributed by atoms with Crippen LogP contribution >= 0.6 is 0 Å². The van der Waals surface area contributed by atoms with E-state index in [1.807, 2.05) is 52.0 Å². The van der Waals surface area contributed by atoms with Gasteiger partial charge in [0.1, 0.15) is 5.75 Å². The molecule has 4 nitrogen and oxygen atoms in total. The van der Waals surface area contributed by atoms with Crippen LogP contribution in [0.5, 0.6) is 5.75 Å². The molecule has 0 unspecified atom stereocenters. The average molecular weight is 249 g/mol. The first-order valence-electron chi connectivity index (χ1n) is 6.03. The molecule has 1 aromatic carbocycles. The van der Waals surface area contributed by atoms with E-state index in [1.165, 1.54) is 0 Å². The summed E-state index contributed by atoms with van der Waals surface area (Å²) in [5, 5.41) is 10.9. The third kappa shape index (κ3) is 4.20. The van der Waals surface area contributed by atoms with Crippen molar-refractivity contribution in [3.8, 4) is 5.75 Å². The molecular weight excluding hydrogens is 230 g/mol. The van der Waals surface area contributed by atoms with E-state index >= 15 is 0 Å². The normalized spacial score (nSPS) is 12.0. The predicted molar refractivity (Wildman–Crippen MR) is 72.0 cm³/mol. The quantitative estimate of drug-likeness (QED) is 0.590. The zero-order valence-electron chi connectivity index (χ0n) is 11.2. The smallest absolute Gasteiger partial charge is 0.249 e. The Morgan fingerprint density at radius 1 is 1.33 bits per heavy atom. The summed E-state index contributed by atoms with van der Waals surface area (Å²) in [6.07, 6.45) is 1.68. The highest BCUT2D eigenvalue weighted by Crippen LogP contribution is 2.20. The minimum Gasteiger partial charge on any atom is -0.491 e. The maximum absolute atomic E-state index is 10.9. The molecule has 0 saturated heterocycles. The van der Waals surface area contributed by atoms with Crippen LogP contribution in [0.4, 0.5) is 0 Å². The Hall–Kier alpha value is -1.84. The van der Waals surface area contributed by atoms with Gasteiger partial charge in [-0.3, -0.25) is 10.1 Å². The van der Waals surface area contributed by atoms with E-state index < -0.39 is 0 Å². The van der Waals surface area contributed by atoms with Gasteiger partial charge in [-0.15, -0.1) is 0 Å². The number of nitro groups is 1. The lowest BCUT2D eigenvalue weighted by Crippen LogP contribution is -2.06. The van der Waals surface area contributed by atoms with Gasteiger partial charge in [0.25, 0.3) is 0 Å². The summed E-state index contributed by atoms with van der Waals surface area (Å²) in [6.45, 7) is 7.50. The lowest BCUT2D eigenvalue weighted by Gasteiger charge is -2.10. The molecule has 0 saturated carbocycles. The standard InChI is InChI=1S/C14H19NO3/c1-10(2)14(15(16)17)9-12-6-5-7-13(8-12)18-11(3)4/h5-11H,1-4H3/b14-9-. The number of hydrogen-bond acceptors (Lipinski definition) is 3. The molecule has 0 aliphatic rings. The first-order valence-corrected chi connectivity index (χ1v) is 6.03.